The lowest BCUT2D eigenvalue weighted by Gasteiger charge is -2.11. The third-order valence-electron chi connectivity index (χ3n) is 4.71. The smallest absolute Gasteiger partial charge is 0.257 e. The van der Waals surface area contributed by atoms with Crippen molar-refractivity contribution in [2.45, 2.75) is 18.8 Å². The number of carbonyl (C=O) groups excluding carboxylic acids is 1. The number of nitrogens with one attached hydrogen (secondary N) is 1. The van der Waals surface area contributed by atoms with Crippen LogP contribution in [0.2, 0.25) is 0 Å². The maximum absolute atomic E-state index is 12.1. The molecule has 0 radical (unpaired) electrons. The predicted molar refractivity (Wildman–Crippen MR) is 129 cm³/mol. The Morgan fingerprint density at radius 3 is 2.73 bits per heavy atom. The van der Waals surface area contributed by atoms with Gasteiger partial charge in [0.25, 0.3) is 11.1 Å². The number of oxazole rings is 1. The number of thioether (sulfide) groups is 1. The first-order chi connectivity index (χ1) is 16.1. The normalized spacial score (nSPS) is 11.1. The van der Waals surface area contributed by atoms with Gasteiger partial charge in [-0.3, -0.25) is 4.79 Å². The van der Waals surface area contributed by atoms with Gasteiger partial charge in [-0.2, -0.15) is 5.10 Å². The predicted octanol–water partition coefficient (Wildman–Crippen LogP) is 4.97. The molecule has 168 valence electrons. The Morgan fingerprint density at radius 1 is 1.12 bits per heavy atom. The van der Waals surface area contributed by atoms with E-state index in [1.165, 1.54) is 17.3 Å². The highest BCUT2D eigenvalue weighted by atomic mass is 32.2. The molecule has 1 amide bonds. The van der Waals surface area contributed by atoms with Crippen LogP contribution < -0.4 is 14.9 Å². The van der Waals surface area contributed by atoms with Crippen LogP contribution in [-0.4, -0.2) is 30.0 Å². The number of amides is 1. The van der Waals surface area contributed by atoms with E-state index in [0.717, 1.165) is 16.6 Å². The number of benzene rings is 3. The second-order valence-electron chi connectivity index (χ2n) is 7.21. The number of fused-ring (bicyclic) bond motifs is 1. The van der Waals surface area contributed by atoms with Crippen molar-refractivity contribution in [2.75, 3.05) is 12.9 Å². The second kappa shape index (κ2) is 10.7. The molecule has 1 aromatic heterocycles. The zero-order valence-corrected chi connectivity index (χ0v) is 19.1. The van der Waals surface area contributed by atoms with Crippen LogP contribution in [-0.2, 0) is 11.4 Å². The van der Waals surface area contributed by atoms with Gasteiger partial charge in [-0.05, 0) is 48.4 Å². The number of methoxy groups -OCH3 is 1. The van der Waals surface area contributed by atoms with Crippen molar-refractivity contribution in [3.8, 4) is 11.5 Å². The highest BCUT2D eigenvalue weighted by Gasteiger charge is 2.09. The molecule has 0 bridgehead atoms. The molecule has 4 aromatic rings. The third kappa shape index (κ3) is 6.14. The first-order valence-corrected chi connectivity index (χ1v) is 11.3. The molecule has 0 saturated carbocycles. The van der Waals surface area contributed by atoms with E-state index in [9.17, 15) is 4.79 Å². The topological polar surface area (TPSA) is 86.0 Å². The Balaban J connectivity index is 1.28. The highest BCUT2D eigenvalue weighted by molar-refractivity contribution is 7.99. The molecule has 0 atom stereocenters. The molecule has 33 heavy (non-hydrogen) atoms. The van der Waals surface area contributed by atoms with Gasteiger partial charge < -0.3 is 13.9 Å². The SMILES string of the molecule is COc1cc(/C=N\NC(=O)CSc2nc3ccccc3o2)ccc1OCc1ccc(C)cc1. The van der Waals surface area contributed by atoms with E-state index >= 15 is 0 Å². The molecule has 1 N–H and O–H groups in total. The van der Waals surface area contributed by atoms with E-state index in [1.54, 1.807) is 19.4 Å². The monoisotopic (exact) mass is 461 g/mol. The van der Waals surface area contributed by atoms with Gasteiger partial charge >= 0.3 is 0 Å². The quantitative estimate of drug-likeness (QED) is 0.215. The number of ether oxygens (including phenoxy) is 2. The first kappa shape index (κ1) is 22.4. The Kier molecular flexibility index (Phi) is 7.26. The summed E-state index contributed by atoms with van der Waals surface area (Å²) in [5, 5.41) is 4.46. The average Bonchev–Trinajstić information content (AvgIpc) is 3.26. The molecule has 0 aliphatic heterocycles. The van der Waals surface area contributed by atoms with Crippen molar-refractivity contribution < 1.29 is 18.7 Å². The fraction of sp³-hybridized carbons (Fsp3) is 0.160. The van der Waals surface area contributed by atoms with Gasteiger partial charge in [-0.1, -0.05) is 53.7 Å². The Hall–Kier alpha value is -3.78. The fourth-order valence-electron chi connectivity index (χ4n) is 2.98. The summed E-state index contributed by atoms with van der Waals surface area (Å²) in [5.74, 6) is 1.10. The molecule has 1 heterocycles. The van der Waals surface area contributed by atoms with Gasteiger partial charge in [0.2, 0.25) is 0 Å². The van der Waals surface area contributed by atoms with E-state index in [2.05, 4.69) is 27.6 Å². The van der Waals surface area contributed by atoms with E-state index in [1.807, 2.05) is 55.5 Å². The van der Waals surface area contributed by atoms with E-state index in [-0.39, 0.29) is 11.7 Å². The molecule has 7 nitrogen and oxygen atoms in total. The highest BCUT2D eigenvalue weighted by Crippen LogP contribution is 2.28. The van der Waals surface area contributed by atoms with E-state index in [4.69, 9.17) is 13.9 Å². The van der Waals surface area contributed by atoms with Gasteiger partial charge in [0.1, 0.15) is 12.1 Å². The van der Waals surface area contributed by atoms with Crippen LogP contribution in [0.15, 0.2) is 81.5 Å². The number of rotatable bonds is 9. The zero-order valence-electron chi connectivity index (χ0n) is 18.3. The zero-order chi connectivity index (χ0) is 23.0. The fourth-order valence-corrected chi connectivity index (χ4v) is 3.61. The van der Waals surface area contributed by atoms with Gasteiger partial charge in [0, 0.05) is 0 Å². The molecule has 0 saturated heterocycles. The minimum atomic E-state index is -0.261. The molecular formula is C25H23N3O4S. The summed E-state index contributed by atoms with van der Waals surface area (Å²) in [6, 6.07) is 21.1. The number of nitrogens with zero attached hydrogens (tertiary/aromatic N) is 2. The van der Waals surface area contributed by atoms with Crippen molar-refractivity contribution in [3.05, 3.63) is 83.4 Å². The summed E-state index contributed by atoms with van der Waals surface area (Å²) in [7, 11) is 1.58. The third-order valence-corrected chi connectivity index (χ3v) is 5.53. The van der Waals surface area contributed by atoms with Crippen LogP contribution in [0.4, 0.5) is 0 Å². The summed E-state index contributed by atoms with van der Waals surface area (Å²) < 4.78 is 16.9. The van der Waals surface area contributed by atoms with Gasteiger partial charge in [-0.25, -0.2) is 10.4 Å². The van der Waals surface area contributed by atoms with Gasteiger partial charge in [0.05, 0.1) is 19.1 Å². The van der Waals surface area contributed by atoms with Crippen molar-refractivity contribution in [2.24, 2.45) is 5.10 Å². The number of aromatic nitrogens is 1. The molecule has 0 fully saturated rings. The summed E-state index contributed by atoms with van der Waals surface area (Å²) in [6.07, 6.45) is 1.55. The van der Waals surface area contributed by atoms with Crippen LogP contribution in [0.5, 0.6) is 11.5 Å². The number of hydrogen-bond acceptors (Lipinski definition) is 7. The minimum Gasteiger partial charge on any atom is -0.493 e. The summed E-state index contributed by atoms with van der Waals surface area (Å²) in [4.78, 5) is 16.4. The maximum Gasteiger partial charge on any atom is 0.257 e. The lowest BCUT2D eigenvalue weighted by Crippen LogP contribution is -2.19. The van der Waals surface area contributed by atoms with Gasteiger partial charge in [0.15, 0.2) is 17.1 Å². The summed E-state index contributed by atoms with van der Waals surface area (Å²) in [5.41, 5.74) is 7.01. The van der Waals surface area contributed by atoms with Crippen molar-refractivity contribution in [1.29, 1.82) is 0 Å². The van der Waals surface area contributed by atoms with Crippen molar-refractivity contribution in [1.82, 2.24) is 10.4 Å². The second-order valence-corrected chi connectivity index (χ2v) is 8.14. The Bertz CT molecular complexity index is 1240. The molecule has 3 aromatic carbocycles. The van der Waals surface area contributed by atoms with Crippen LogP contribution in [0.1, 0.15) is 16.7 Å². The number of hydrazone groups is 1. The van der Waals surface area contributed by atoms with Crippen LogP contribution in [0, 0.1) is 6.92 Å². The number of hydrogen-bond donors (Lipinski definition) is 1. The molecule has 0 aliphatic rings. The lowest BCUT2D eigenvalue weighted by molar-refractivity contribution is -0.118. The Labute approximate surface area is 195 Å². The van der Waals surface area contributed by atoms with Crippen LogP contribution in [0.3, 0.4) is 0 Å². The molecule has 0 aliphatic carbocycles. The number of para-hydroxylation sites is 2. The molecule has 0 spiro atoms. The molecule has 0 unspecified atom stereocenters. The maximum atomic E-state index is 12.1. The first-order valence-electron chi connectivity index (χ1n) is 10.3. The average molecular weight is 462 g/mol. The van der Waals surface area contributed by atoms with E-state index < -0.39 is 0 Å². The van der Waals surface area contributed by atoms with Crippen molar-refractivity contribution >= 4 is 35.0 Å². The van der Waals surface area contributed by atoms with Crippen LogP contribution in [0.25, 0.3) is 11.1 Å². The summed E-state index contributed by atoms with van der Waals surface area (Å²) >= 11 is 1.21. The standard InChI is InChI=1S/C25H23N3O4S/c1-17-7-9-18(10-8-17)15-31-22-12-11-19(13-23(22)30-2)14-26-28-24(29)16-33-25-27-20-5-3-4-6-21(20)32-25/h3-14H,15-16H2,1-2H3,(H,28,29)/b26-14-. The Morgan fingerprint density at radius 2 is 1.94 bits per heavy atom. The van der Waals surface area contributed by atoms with Crippen LogP contribution >= 0.6 is 11.8 Å². The molecule has 8 heteroatoms. The minimum absolute atomic E-state index is 0.138. The number of carbonyl (C=O) groups is 1. The lowest BCUT2D eigenvalue weighted by atomic mass is 10.2. The van der Waals surface area contributed by atoms with Crippen molar-refractivity contribution in [3.63, 3.8) is 0 Å². The molecular weight excluding hydrogens is 438 g/mol. The van der Waals surface area contributed by atoms with Gasteiger partial charge in [-0.15, -0.1) is 0 Å². The summed E-state index contributed by atoms with van der Waals surface area (Å²) in [6.45, 7) is 2.49. The van der Waals surface area contributed by atoms with E-state index in [0.29, 0.717) is 28.9 Å². The number of aryl methyl sites for hydroxylation is 1. The largest absolute Gasteiger partial charge is 0.493 e. The molecule has 4 rings (SSSR count).